The summed E-state index contributed by atoms with van der Waals surface area (Å²) in [5.41, 5.74) is 0. The Hall–Kier alpha value is -2.05. The van der Waals surface area contributed by atoms with E-state index in [1.165, 1.54) is 4.90 Å². The topological polar surface area (TPSA) is 75.2 Å². The minimum Gasteiger partial charge on any atom is -0.335 e. The third kappa shape index (κ3) is 2.22. The predicted octanol–water partition coefficient (Wildman–Crippen LogP) is -0.143. The van der Waals surface area contributed by atoms with E-state index in [4.69, 9.17) is 0 Å². The first-order valence-corrected chi connectivity index (χ1v) is 5.19. The predicted molar refractivity (Wildman–Crippen MR) is 56.6 cm³/mol. The van der Waals surface area contributed by atoms with Gasteiger partial charge in [0, 0.05) is 6.07 Å². The second-order valence-electron chi connectivity index (χ2n) is 3.66. The van der Waals surface area contributed by atoms with Crippen molar-refractivity contribution in [3.63, 3.8) is 0 Å². The number of imide groups is 1. The Morgan fingerprint density at radius 1 is 1.53 bits per heavy atom. The first-order chi connectivity index (χ1) is 8.11. The Morgan fingerprint density at radius 3 is 2.94 bits per heavy atom. The van der Waals surface area contributed by atoms with E-state index >= 15 is 0 Å². The highest BCUT2D eigenvalue weighted by Gasteiger charge is 2.33. The number of amides is 2. The minimum absolute atomic E-state index is 0.0132. The summed E-state index contributed by atoms with van der Waals surface area (Å²) < 4.78 is 13.0. The van der Waals surface area contributed by atoms with E-state index in [-0.39, 0.29) is 18.3 Å². The lowest BCUT2D eigenvalue weighted by Crippen LogP contribution is -2.58. The molecule has 1 aliphatic heterocycles. The van der Waals surface area contributed by atoms with E-state index in [1.54, 1.807) is 0 Å². The molecule has 1 fully saturated rings. The third-order valence-electron chi connectivity index (χ3n) is 2.56. The summed E-state index contributed by atoms with van der Waals surface area (Å²) in [5.74, 6) is -1.25. The Morgan fingerprint density at radius 2 is 2.29 bits per heavy atom. The number of hydrogen-bond acceptors (Lipinski definition) is 5. The molecule has 0 spiro atoms. The number of piperazine rings is 1. The van der Waals surface area contributed by atoms with Gasteiger partial charge in [0.1, 0.15) is 18.2 Å². The second kappa shape index (κ2) is 4.44. The van der Waals surface area contributed by atoms with Crippen LogP contribution in [-0.2, 0) is 9.59 Å². The average Bonchev–Trinajstić information content (AvgIpc) is 2.28. The molecule has 6 nitrogen and oxygen atoms in total. The highest BCUT2D eigenvalue weighted by Crippen LogP contribution is 2.18. The first kappa shape index (κ1) is 11.4. The molecule has 7 heteroatoms. The van der Waals surface area contributed by atoms with E-state index in [0.717, 1.165) is 12.4 Å². The molecule has 0 aliphatic carbocycles. The summed E-state index contributed by atoms with van der Waals surface area (Å²) in [6, 6.07) is 0.594. The van der Waals surface area contributed by atoms with E-state index in [1.807, 2.05) is 6.92 Å². The van der Waals surface area contributed by atoms with Crippen LogP contribution < -0.4 is 10.2 Å². The van der Waals surface area contributed by atoms with Crippen LogP contribution in [0.2, 0.25) is 0 Å². The van der Waals surface area contributed by atoms with Crippen molar-refractivity contribution < 1.29 is 14.0 Å². The number of nitrogens with one attached hydrogen (secondary N) is 1. The highest BCUT2D eigenvalue weighted by atomic mass is 19.1. The Balaban J connectivity index is 2.34. The van der Waals surface area contributed by atoms with Crippen molar-refractivity contribution in [1.82, 2.24) is 15.3 Å². The molecule has 1 aromatic heterocycles. The number of aromatic nitrogens is 2. The van der Waals surface area contributed by atoms with Crippen molar-refractivity contribution in [3.8, 4) is 0 Å². The fraction of sp³-hybridized carbons (Fsp3) is 0.400. The fourth-order valence-corrected chi connectivity index (χ4v) is 1.79. The van der Waals surface area contributed by atoms with Gasteiger partial charge in [-0.3, -0.25) is 14.9 Å². The van der Waals surface area contributed by atoms with Crippen LogP contribution in [0, 0.1) is 5.95 Å². The summed E-state index contributed by atoms with van der Waals surface area (Å²) in [6.07, 6.45) is 1.57. The van der Waals surface area contributed by atoms with Crippen LogP contribution in [0.5, 0.6) is 0 Å². The maximum atomic E-state index is 13.0. The van der Waals surface area contributed by atoms with Crippen LogP contribution >= 0.6 is 0 Å². The second-order valence-corrected chi connectivity index (χ2v) is 3.66. The van der Waals surface area contributed by atoms with Gasteiger partial charge in [0.15, 0.2) is 0 Å². The molecule has 0 saturated carbocycles. The van der Waals surface area contributed by atoms with Crippen LogP contribution in [0.3, 0.4) is 0 Å². The van der Waals surface area contributed by atoms with Crippen LogP contribution in [0.1, 0.15) is 13.3 Å². The van der Waals surface area contributed by atoms with Gasteiger partial charge in [-0.15, -0.1) is 0 Å². The number of carbonyl (C=O) groups is 2. The number of anilines is 1. The molecule has 2 heterocycles. The zero-order valence-corrected chi connectivity index (χ0v) is 9.18. The summed E-state index contributed by atoms with van der Waals surface area (Å²) in [4.78, 5) is 31.6. The SMILES string of the molecule is CCC1C(=O)NC(=O)CN1c1cc(F)ncn1. The summed E-state index contributed by atoms with van der Waals surface area (Å²) in [7, 11) is 0. The molecule has 1 aromatic rings. The number of rotatable bonds is 2. The van der Waals surface area contributed by atoms with Crippen LogP contribution in [-0.4, -0.2) is 34.4 Å². The van der Waals surface area contributed by atoms with Crippen LogP contribution in [0.15, 0.2) is 12.4 Å². The molecule has 1 aliphatic rings. The van der Waals surface area contributed by atoms with Crippen LogP contribution in [0.25, 0.3) is 0 Å². The van der Waals surface area contributed by atoms with Gasteiger partial charge in [-0.2, -0.15) is 4.39 Å². The maximum Gasteiger partial charge on any atom is 0.249 e. The quantitative estimate of drug-likeness (QED) is 0.573. The molecule has 1 unspecified atom stereocenters. The standard InChI is InChI=1S/C10H11FN4O2/c1-2-6-10(17)14-9(16)4-15(6)8-3-7(11)12-5-13-8/h3,5-6H,2,4H2,1H3,(H,14,16,17). The van der Waals surface area contributed by atoms with Gasteiger partial charge in [-0.1, -0.05) is 6.92 Å². The number of nitrogens with zero attached hydrogens (tertiary/aromatic N) is 3. The molecule has 0 aromatic carbocycles. The van der Waals surface area contributed by atoms with E-state index in [9.17, 15) is 14.0 Å². The zero-order chi connectivity index (χ0) is 12.4. The smallest absolute Gasteiger partial charge is 0.249 e. The number of carbonyl (C=O) groups excluding carboxylic acids is 2. The molecule has 90 valence electrons. The molecular formula is C10H11FN4O2. The molecule has 0 radical (unpaired) electrons. The summed E-state index contributed by atoms with van der Waals surface area (Å²) >= 11 is 0. The van der Waals surface area contributed by atoms with Crippen molar-refractivity contribution in [3.05, 3.63) is 18.3 Å². The molecule has 1 N–H and O–H groups in total. The van der Waals surface area contributed by atoms with E-state index in [0.29, 0.717) is 6.42 Å². The van der Waals surface area contributed by atoms with Crippen LogP contribution in [0.4, 0.5) is 10.2 Å². The fourth-order valence-electron chi connectivity index (χ4n) is 1.79. The highest BCUT2D eigenvalue weighted by molar-refractivity contribution is 6.04. The Bertz CT molecular complexity index is 465. The van der Waals surface area contributed by atoms with Gasteiger partial charge in [-0.25, -0.2) is 9.97 Å². The van der Waals surface area contributed by atoms with Gasteiger partial charge >= 0.3 is 0 Å². The Labute approximate surface area is 96.9 Å². The van der Waals surface area contributed by atoms with Crippen molar-refractivity contribution >= 4 is 17.6 Å². The lowest BCUT2D eigenvalue weighted by atomic mass is 10.1. The molecule has 2 rings (SSSR count). The molecule has 1 atom stereocenters. The molecule has 0 bridgehead atoms. The van der Waals surface area contributed by atoms with Gasteiger partial charge in [0.25, 0.3) is 0 Å². The van der Waals surface area contributed by atoms with Gasteiger partial charge in [-0.05, 0) is 6.42 Å². The lowest BCUT2D eigenvalue weighted by Gasteiger charge is -2.33. The van der Waals surface area contributed by atoms with Crippen molar-refractivity contribution in [1.29, 1.82) is 0 Å². The Kier molecular flexibility index (Phi) is 2.99. The van der Waals surface area contributed by atoms with E-state index in [2.05, 4.69) is 15.3 Å². The molecular weight excluding hydrogens is 227 g/mol. The molecule has 1 saturated heterocycles. The van der Waals surface area contributed by atoms with Crippen molar-refractivity contribution in [2.45, 2.75) is 19.4 Å². The lowest BCUT2D eigenvalue weighted by molar-refractivity contribution is -0.132. The third-order valence-corrected chi connectivity index (χ3v) is 2.56. The van der Waals surface area contributed by atoms with E-state index < -0.39 is 17.9 Å². The largest absolute Gasteiger partial charge is 0.335 e. The van der Waals surface area contributed by atoms with Crippen molar-refractivity contribution in [2.75, 3.05) is 11.4 Å². The average molecular weight is 238 g/mol. The normalized spacial score (nSPS) is 20.4. The maximum absolute atomic E-state index is 13.0. The monoisotopic (exact) mass is 238 g/mol. The first-order valence-electron chi connectivity index (χ1n) is 5.19. The van der Waals surface area contributed by atoms with Gasteiger partial charge in [0.2, 0.25) is 17.8 Å². The molecule has 2 amide bonds. The van der Waals surface area contributed by atoms with Gasteiger partial charge < -0.3 is 4.90 Å². The minimum atomic E-state index is -0.691. The number of halogens is 1. The summed E-state index contributed by atoms with van der Waals surface area (Å²) in [5, 5.41) is 2.24. The van der Waals surface area contributed by atoms with Gasteiger partial charge in [0.05, 0.1) is 6.54 Å². The zero-order valence-electron chi connectivity index (χ0n) is 9.18. The summed E-state index contributed by atoms with van der Waals surface area (Å²) in [6.45, 7) is 1.80. The van der Waals surface area contributed by atoms with Crippen molar-refractivity contribution in [2.24, 2.45) is 0 Å². The molecule has 17 heavy (non-hydrogen) atoms. The number of hydrogen-bond donors (Lipinski definition) is 1.